The molecule has 0 aromatic rings. The second kappa shape index (κ2) is 2.59. The molecule has 0 spiro atoms. The molecule has 0 aromatic carbocycles. The highest BCUT2D eigenvalue weighted by Gasteiger charge is 2.13. The Morgan fingerprint density at radius 3 is 3.00 bits per heavy atom. The highest BCUT2D eigenvalue weighted by atomic mass is 35.5. The van der Waals surface area contributed by atoms with Crippen molar-refractivity contribution in [3.63, 3.8) is 0 Å². The van der Waals surface area contributed by atoms with Gasteiger partial charge < -0.3 is 0 Å². The second-order valence-electron chi connectivity index (χ2n) is 2.63. The summed E-state index contributed by atoms with van der Waals surface area (Å²) in [5.74, 6) is 0. The van der Waals surface area contributed by atoms with E-state index in [1.807, 2.05) is 26.0 Å². The van der Waals surface area contributed by atoms with Crippen LogP contribution in [-0.4, -0.2) is 11.1 Å². The van der Waals surface area contributed by atoms with Crippen LogP contribution in [0, 0.1) is 0 Å². The van der Waals surface area contributed by atoms with Gasteiger partial charge in [0.15, 0.2) is 0 Å². The van der Waals surface area contributed by atoms with E-state index >= 15 is 0 Å². The number of nitrogens with zero attached hydrogens (tertiary/aromatic N) is 1. The van der Waals surface area contributed by atoms with Crippen molar-refractivity contribution in [1.82, 2.24) is 0 Å². The van der Waals surface area contributed by atoms with E-state index in [9.17, 15) is 0 Å². The summed E-state index contributed by atoms with van der Waals surface area (Å²) in [6, 6.07) is 0. The van der Waals surface area contributed by atoms with E-state index in [1.54, 1.807) is 12.4 Å². The molecule has 0 radical (unpaired) electrons. The first-order chi connectivity index (χ1) is 4.60. The molecular formula is C8H10ClN. The topological polar surface area (TPSA) is 12.4 Å². The Balaban J connectivity index is 2.93. The average molecular weight is 156 g/mol. The molecule has 1 heterocycles. The Hall–Kier alpha value is -0.560. The van der Waals surface area contributed by atoms with Gasteiger partial charge in [-0.15, -0.1) is 11.6 Å². The van der Waals surface area contributed by atoms with E-state index < -0.39 is 0 Å². The van der Waals surface area contributed by atoms with Gasteiger partial charge in [-0.1, -0.05) is 6.08 Å². The van der Waals surface area contributed by atoms with Crippen LogP contribution in [0.5, 0.6) is 0 Å². The monoisotopic (exact) mass is 155 g/mol. The minimum atomic E-state index is -0.361. The largest absolute Gasteiger partial charge is 0.265 e. The number of hydrogen-bond acceptors (Lipinski definition) is 1. The summed E-state index contributed by atoms with van der Waals surface area (Å²) in [6.07, 6.45) is 7.35. The van der Waals surface area contributed by atoms with E-state index in [0.717, 1.165) is 5.57 Å². The van der Waals surface area contributed by atoms with Gasteiger partial charge in [-0.25, -0.2) is 0 Å². The van der Waals surface area contributed by atoms with Crippen molar-refractivity contribution in [2.75, 3.05) is 0 Å². The summed E-state index contributed by atoms with van der Waals surface area (Å²) in [6.45, 7) is 3.92. The normalized spacial score (nSPS) is 31.7. The average Bonchev–Trinajstić information content (AvgIpc) is 1.90. The van der Waals surface area contributed by atoms with Gasteiger partial charge in [0.25, 0.3) is 0 Å². The van der Waals surface area contributed by atoms with Crippen molar-refractivity contribution in [1.29, 1.82) is 0 Å². The molecule has 1 atom stereocenters. The van der Waals surface area contributed by atoms with Crippen LogP contribution in [0.15, 0.2) is 28.9 Å². The molecule has 10 heavy (non-hydrogen) atoms. The first-order valence-electron chi connectivity index (χ1n) is 3.19. The molecule has 1 aliphatic heterocycles. The fraction of sp³-hybridized carbons (Fsp3) is 0.375. The number of hydrogen-bond donors (Lipinski definition) is 0. The molecule has 1 rings (SSSR count). The van der Waals surface area contributed by atoms with E-state index in [2.05, 4.69) is 4.99 Å². The molecule has 0 N–H and O–H groups in total. The molecule has 0 amide bonds. The Labute approximate surface area is 66.1 Å². The Morgan fingerprint density at radius 2 is 2.30 bits per heavy atom. The van der Waals surface area contributed by atoms with Gasteiger partial charge >= 0.3 is 0 Å². The van der Waals surface area contributed by atoms with E-state index in [1.165, 1.54) is 0 Å². The summed E-state index contributed by atoms with van der Waals surface area (Å²) in [7, 11) is 0. The van der Waals surface area contributed by atoms with Crippen molar-refractivity contribution in [2.45, 2.75) is 18.7 Å². The SMILES string of the molecule is CC1=CC(C)(Cl)C=CN=C1. The smallest absolute Gasteiger partial charge is 0.0801 e. The Morgan fingerprint density at radius 1 is 1.60 bits per heavy atom. The summed E-state index contributed by atoms with van der Waals surface area (Å²) >= 11 is 6.03. The molecule has 0 saturated heterocycles. The van der Waals surface area contributed by atoms with Gasteiger partial charge in [0, 0.05) is 12.4 Å². The maximum Gasteiger partial charge on any atom is 0.0801 e. The summed E-state index contributed by atoms with van der Waals surface area (Å²) in [5.41, 5.74) is 1.10. The van der Waals surface area contributed by atoms with Crippen LogP contribution >= 0.6 is 11.6 Å². The predicted octanol–water partition coefficient (Wildman–Crippen LogP) is 2.53. The van der Waals surface area contributed by atoms with Crippen molar-refractivity contribution < 1.29 is 0 Å². The quantitative estimate of drug-likeness (QED) is 0.477. The summed E-state index contributed by atoms with van der Waals surface area (Å²) < 4.78 is 0. The van der Waals surface area contributed by atoms with Crippen molar-refractivity contribution in [3.05, 3.63) is 23.9 Å². The Kier molecular flexibility index (Phi) is 1.95. The van der Waals surface area contributed by atoms with Crippen LogP contribution in [-0.2, 0) is 0 Å². The minimum Gasteiger partial charge on any atom is -0.265 e. The van der Waals surface area contributed by atoms with E-state index in [-0.39, 0.29) is 4.87 Å². The molecular weight excluding hydrogens is 146 g/mol. The number of rotatable bonds is 0. The van der Waals surface area contributed by atoms with Crippen LogP contribution in [0.4, 0.5) is 0 Å². The third kappa shape index (κ3) is 1.99. The second-order valence-corrected chi connectivity index (χ2v) is 3.45. The predicted molar refractivity (Wildman–Crippen MR) is 45.6 cm³/mol. The lowest BCUT2D eigenvalue weighted by molar-refractivity contribution is 0.983. The third-order valence-corrected chi connectivity index (χ3v) is 1.51. The van der Waals surface area contributed by atoms with Crippen LogP contribution in [0.25, 0.3) is 0 Å². The number of allylic oxidation sites excluding steroid dienone is 3. The van der Waals surface area contributed by atoms with Gasteiger partial charge in [0.2, 0.25) is 0 Å². The minimum absolute atomic E-state index is 0.361. The molecule has 0 saturated carbocycles. The van der Waals surface area contributed by atoms with E-state index in [4.69, 9.17) is 11.6 Å². The van der Waals surface area contributed by atoms with Crippen LogP contribution in [0.3, 0.4) is 0 Å². The van der Waals surface area contributed by atoms with E-state index in [0.29, 0.717) is 0 Å². The molecule has 1 unspecified atom stereocenters. The first-order valence-corrected chi connectivity index (χ1v) is 3.57. The van der Waals surface area contributed by atoms with Crippen LogP contribution in [0.1, 0.15) is 13.8 Å². The molecule has 54 valence electrons. The lowest BCUT2D eigenvalue weighted by Gasteiger charge is -2.09. The number of halogens is 1. The molecule has 0 fully saturated rings. The fourth-order valence-corrected chi connectivity index (χ4v) is 1.11. The first kappa shape index (κ1) is 7.55. The maximum absolute atomic E-state index is 6.03. The van der Waals surface area contributed by atoms with Gasteiger partial charge in [0.05, 0.1) is 4.87 Å². The van der Waals surface area contributed by atoms with Gasteiger partial charge in [-0.3, -0.25) is 4.99 Å². The maximum atomic E-state index is 6.03. The third-order valence-electron chi connectivity index (χ3n) is 1.27. The molecule has 0 aliphatic carbocycles. The molecule has 0 aromatic heterocycles. The standard InChI is InChI=1S/C8H10ClN/c1-7-5-8(2,9)3-4-10-6-7/h3-6H,1-2H3. The van der Waals surface area contributed by atoms with Crippen molar-refractivity contribution in [3.8, 4) is 0 Å². The summed E-state index contributed by atoms with van der Waals surface area (Å²) in [5, 5.41) is 0. The highest BCUT2D eigenvalue weighted by Crippen LogP contribution is 2.20. The van der Waals surface area contributed by atoms with Gasteiger partial charge in [0.1, 0.15) is 0 Å². The van der Waals surface area contributed by atoms with Crippen LogP contribution in [0.2, 0.25) is 0 Å². The molecule has 1 nitrogen and oxygen atoms in total. The number of alkyl halides is 1. The highest BCUT2D eigenvalue weighted by molar-refractivity contribution is 6.26. The van der Waals surface area contributed by atoms with Gasteiger partial charge in [-0.2, -0.15) is 0 Å². The summed E-state index contributed by atoms with van der Waals surface area (Å²) in [4.78, 5) is 3.63. The molecule has 0 bridgehead atoms. The lowest BCUT2D eigenvalue weighted by Crippen LogP contribution is -2.07. The zero-order valence-electron chi connectivity index (χ0n) is 6.13. The fourth-order valence-electron chi connectivity index (χ4n) is 0.880. The molecule has 1 aliphatic rings. The van der Waals surface area contributed by atoms with Crippen molar-refractivity contribution in [2.24, 2.45) is 4.99 Å². The molecule has 2 heteroatoms. The van der Waals surface area contributed by atoms with Gasteiger partial charge in [-0.05, 0) is 25.5 Å². The van der Waals surface area contributed by atoms with Crippen LogP contribution < -0.4 is 0 Å². The lowest BCUT2D eigenvalue weighted by atomic mass is 10.1. The van der Waals surface area contributed by atoms with Crippen molar-refractivity contribution >= 4 is 17.8 Å². The number of aliphatic imine (C=N–C) groups is 1. The zero-order chi connectivity index (χ0) is 7.61. The zero-order valence-corrected chi connectivity index (χ0v) is 6.89. The Bertz CT molecular complexity index is 211.